The van der Waals surface area contributed by atoms with Crippen LogP contribution in [0.4, 0.5) is 5.69 Å². The predicted octanol–water partition coefficient (Wildman–Crippen LogP) is 3.12. The Bertz CT molecular complexity index is 693. The Kier molecular flexibility index (Phi) is 5.85. The van der Waals surface area contributed by atoms with Gasteiger partial charge in [-0.15, -0.1) is 0 Å². The highest BCUT2D eigenvalue weighted by atomic mass is 32.2. The van der Waals surface area contributed by atoms with Gasteiger partial charge in [0.15, 0.2) is 0 Å². The Labute approximate surface area is 159 Å². The molecule has 1 N–H and O–H groups in total. The van der Waals surface area contributed by atoms with E-state index in [9.17, 15) is 9.00 Å². The van der Waals surface area contributed by atoms with Gasteiger partial charge in [0.1, 0.15) is 0 Å². The molecule has 2 aliphatic rings. The minimum atomic E-state index is -1.11. The SMILES string of the molecule is C[C@@H](NS(=O)C(C)(C)C)c1ccc2c(c1)CCN2C(=O)C1CCOCC1. The zero-order chi connectivity index (χ0) is 18.9. The summed E-state index contributed by atoms with van der Waals surface area (Å²) < 4.78 is 20.6. The molecule has 3 rings (SSSR count). The molecule has 0 spiro atoms. The summed E-state index contributed by atoms with van der Waals surface area (Å²) in [5.41, 5.74) is 3.36. The highest BCUT2D eigenvalue weighted by molar-refractivity contribution is 7.84. The molecule has 2 atom stereocenters. The lowest BCUT2D eigenvalue weighted by atomic mass is 9.98. The van der Waals surface area contributed by atoms with Crippen LogP contribution >= 0.6 is 0 Å². The zero-order valence-corrected chi connectivity index (χ0v) is 17.0. The molecule has 0 aliphatic carbocycles. The standard InChI is InChI=1S/C20H30N2O3S/c1-14(21-26(24)20(2,3)4)16-5-6-18-17(13-16)7-10-22(18)19(23)15-8-11-25-12-9-15/h5-6,13-15,21H,7-12H2,1-4H3/t14-,26?/m1/s1. The quantitative estimate of drug-likeness (QED) is 0.876. The number of hydrogen-bond acceptors (Lipinski definition) is 3. The van der Waals surface area contributed by atoms with Gasteiger partial charge in [0.2, 0.25) is 5.91 Å². The van der Waals surface area contributed by atoms with Gasteiger partial charge in [0.25, 0.3) is 0 Å². The average molecular weight is 379 g/mol. The highest BCUT2D eigenvalue weighted by Gasteiger charge is 2.31. The van der Waals surface area contributed by atoms with E-state index in [1.807, 2.05) is 44.7 Å². The van der Waals surface area contributed by atoms with E-state index in [1.165, 1.54) is 5.56 Å². The molecule has 0 radical (unpaired) electrons. The van der Waals surface area contributed by atoms with Gasteiger partial charge >= 0.3 is 0 Å². The Balaban J connectivity index is 1.71. The van der Waals surface area contributed by atoms with Gasteiger partial charge in [-0.1, -0.05) is 12.1 Å². The van der Waals surface area contributed by atoms with Gasteiger partial charge in [-0.25, -0.2) is 8.93 Å². The third-order valence-corrected chi connectivity index (χ3v) is 6.86. The number of nitrogens with zero attached hydrogens (tertiary/aromatic N) is 1. The molecular weight excluding hydrogens is 348 g/mol. The number of amides is 1. The summed E-state index contributed by atoms with van der Waals surface area (Å²) in [6, 6.07) is 6.25. The molecule has 26 heavy (non-hydrogen) atoms. The number of ether oxygens (including phenoxy) is 1. The number of carbonyl (C=O) groups excluding carboxylic acids is 1. The number of fused-ring (bicyclic) bond motifs is 1. The first-order chi connectivity index (χ1) is 12.3. The van der Waals surface area contributed by atoms with E-state index in [0.717, 1.165) is 37.1 Å². The van der Waals surface area contributed by atoms with Crippen molar-refractivity contribution in [2.24, 2.45) is 5.92 Å². The van der Waals surface area contributed by atoms with E-state index in [1.54, 1.807) is 0 Å². The first kappa shape index (κ1) is 19.5. The Morgan fingerprint density at radius 3 is 2.65 bits per heavy atom. The van der Waals surface area contributed by atoms with E-state index in [-0.39, 0.29) is 22.6 Å². The lowest BCUT2D eigenvalue weighted by Crippen LogP contribution is -2.37. The van der Waals surface area contributed by atoms with Crippen molar-refractivity contribution in [2.45, 2.75) is 57.7 Å². The van der Waals surface area contributed by atoms with Gasteiger partial charge in [-0.05, 0) is 64.2 Å². The van der Waals surface area contributed by atoms with Crippen LogP contribution in [-0.4, -0.2) is 34.6 Å². The number of benzene rings is 1. The molecule has 2 heterocycles. The maximum absolute atomic E-state index is 12.9. The Morgan fingerprint density at radius 1 is 1.31 bits per heavy atom. The van der Waals surface area contributed by atoms with Crippen molar-refractivity contribution in [1.29, 1.82) is 0 Å². The molecule has 144 valence electrons. The molecule has 1 unspecified atom stereocenters. The lowest BCUT2D eigenvalue weighted by Gasteiger charge is -2.27. The van der Waals surface area contributed by atoms with Crippen LogP contribution in [-0.2, 0) is 26.9 Å². The summed E-state index contributed by atoms with van der Waals surface area (Å²) in [7, 11) is -1.11. The number of rotatable bonds is 4. The number of anilines is 1. The molecule has 1 fully saturated rings. The van der Waals surface area contributed by atoms with Crippen LogP contribution in [0.3, 0.4) is 0 Å². The topological polar surface area (TPSA) is 58.6 Å². The number of nitrogens with one attached hydrogen (secondary N) is 1. The van der Waals surface area contributed by atoms with Crippen molar-refractivity contribution < 1.29 is 13.7 Å². The van der Waals surface area contributed by atoms with Gasteiger partial charge in [-0.3, -0.25) is 4.79 Å². The molecule has 1 aromatic rings. The fourth-order valence-electron chi connectivity index (χ4n) is 3.49. The van der Waals surface area contributed by atoms with Crippen molar-refractivity contribution in [2.75, 3.05) is 24.7 Å². The largest absolute Gasteiger partial charge is 0.381 e. The van der Waals surface area contributed by atoms with Crippen molar-refractivity contribution in [1.82, 2.24) is 4.72 Å². The normalized spacial score (nSPS) is 20.7. The fourth-order valence-corrected chi connectivity index (χ4v) is 4.30. The van der Waals surface area contributed by atoms with E-state index in [4.69, 9.17) is 4.74 Å². The van der Waals surface area contributed by atoms with Crippen LogP contribution in [0.2, 0.25) is 0 Å². The van der Waals surface area contributed by atoms with Gasteiger partial charge < -0.3 is 9.64 Å². The molecule has 1 aromatic carbocycles. The van der Waals surface area contributed by atoms with E-state index < -0.39 is 11.0 Å². The van der Waals surface area contributed by atoms with Crippen molar-refractivity contribution >= 4 is 22.6 Å². The van der Waals surface area contributed by atoms with Crippen LogP contribution in [0.15, 0.2) is 18.2 Å². The van der Waals surface area contributed by atoms with E-state index in [2.05, 4.69) is 10.8 Å². The second kappa shape index (κ2) is 7.79. The average Bonchev–Trinajstić information content (AvgIpc) is 3.04. The monoisotopic (exact) mass is 378 g/mol. The molecule has 2 aliphatic heterocycles. The van der Waals surface area contributed by atoms with Crippen LogP contribution in [0.5, 0.6) is 0 Å². The summed E-state index contributed by atoms with van der Waals surface area (Å²) in [6.45, 7) is 10.0. The zero-order valence-electron chi connectivity index (χ0n) is 16.2. The highest BCUT2D eigenvalue weighted by Crippen LogP contribution is 2.33. The second-order valence-electron chi connectivity index (χ2n) is 8.24. The molecular formula is C20H30N2O3S. The predicted molar refractivity (Wildman–Crippen MR) is 105 cm³/mol. The second-order valence-corrected chi connectivity index (χ2v) is 10.2. The minimum absolute atomic E-state index is 0.000558. The van der Waals surface area contributed by atoms with Crippen molar-refractivity contribution in [3.05, 3.63) is 29.3 Å². The summed E-state index contributed by atoms with van der Waals surface area (Å²) in [4.78, 5) is 14.8. The maximum Gasteiger partial charge on any atom is 0.230 e. The van der Waals surface area contributed by atoms with Crippen LogP contribution in [0.25, 0.3) is 0 Å². The van der Waals surface area contributed by atoms with Crippen molar-refractivity contribution in [3.8, 4) is 0 Å². The molecule has 0 aromatic heterocycles. The minimum Gasteiger partial charge on any atom is -0.381 e. The van der Waals surface area contributed by atoms with Gasteiger partial charge in [0, 0.05) is 37.4 Å². The molecule has 1 amide bonds. The smallest absolute Gasteiger partial charge is 0.230 e. The first-order valence-corrected chi connectivity index (χ1v) is 10.6. The first-order valence-electron chi connectivity index (χ1n) is 9.47. The Hall–Kier alpha value is -1.24. The van der Waals surface area contributed by atoms with Crippen LogP contribution in [0, 0.1) is 5.92 Å². The molecule has 0 bridgehead atoms. The summed E-state index contributed by atoms with van der Waals surface area (Å²) in [6.07, 6.45) is 2.53. The third kappa shape index (κ3) is 4.18. The number of hydrogen-bond donors (Lipinski definition) is 1. The van der Waals surface area contributed by atoms with Crippen molar-refractivity contribution in [3.63, 3.8) is 0 Å². The summed E-state index contributed by atoms with van der Waals surface area (Å²) >= 11 is 0. The maximum atomic E-state index is 12.9. The summed E-state index contributed by atoms with van der Waals surface area (Å²) in [5, 5.41) is 0. The fraction of sp³-hybridized carbons (Fsp3) is 0.650. The Morgan fingerprint density at radius 2 is 2.00 bits per heavy atom. The molecule has 5 nitrogen and oxygen atoms in total. The van der Waals surface area contributed by atoms with Gasteiger partial charge in [0.05, 0.1) is 15.7 Å². The molecule has 1 saturated heterocycles. The van der Waals surface area contributed by atoms with E-state index >= 15 is 0 Å². The summed E-state index contributed by atoms with van der Waals surface area (Å²) in [5.74, 6) is 0.323. The lowest BCUT2D eigenvalue weighted by molar-refractivity contribution is -0.125. The molecule has 6 heteroatoms. The van der Waals surface area contributed by atoms with Gasteiger partial charge in [-0.2, -0.15) is 0 Å². The van der Waals surface area contributed by atoms with Crippen LogP contribution < -0.4 is 9.62 Å². The van der Waals surface area contributed by atoms with E-state index in [0.29, 0.717) is 13.2 Å². The van der Waals surface area contributed by atoms with Crippen LogP contribution in [0.1, 0.15) is 57.7 Å². The number of carbonyl (C=O) groups is 1. The molecule has 0 saturated carbocycles. The third-order valence-electron chi connectivity index (χ3n) is 5.18.